The number of aliphatic imine (C=N–C) groups is 4. The number of piperazine rings is 2. The van der Waals surface area contributed by atoms with Gasteiger partial charge in [0, 0.05) is 82.4 Å². The molecule has 2 aliphatic heterocycles. The van der Waals surface area contributed by atoms with Crippen molar-refractivity contribution in [3.05, 3.63) is 67.7 Å². The van der Waals surface area contributed by atoms with Gasteiger partial charge in [0.05, 0.1) is 44.6 Å². The number of carbonyl (C=O) groups excluding carboxylic acids is 1. The highest BCUT2D eigenvalue weighted by atomic mass is 19.1. The molecule has 2 aromatic heterocycles. The van der Waals surface area contributed by atoms with Crippen molar-refractivity contribution in [3.8, 4) is 0 Å². The summed E-state index contributed by atoms with van der Waals surface area (Å²) in [6, 6.07) is 2.27. The Morgan fingerprint density at radius 1 is 0.645 bits per heavy atom. The Morgan fingerprint density at radius 3 is 1.45 bits per heavy atom. The third-order valence-electron chi connectivity index (χ3n) is 11.6. The van der Waals surface area contributed by atoms with Gasteiger partial charge in [0.25, 0.3) is 0 Å². The topological polar surface area (TPSA) is 317 Å². The van der Waals surface area contributed by atoms with E-state index >= 15 is 8.78 Å². The van der Waals surface area contributed by atoms with Crippen molar-refractivity contribution >= 4 is 80.4 Å². The number of aromatic nitrogens is 2. The van der Waals surface area contributed by atoms with Crippen LogP contribution in [0.5, 0.6) is 0 Å². The van der Waals surface area contributed by atoms with Gasteiger partial charge in [-0.15, -0.1) is 0 Å². The summed E-state index contributed by atoms with van der Waals surface area (Å²) in [5.41, 5.74) is 36.2. The van der Waals surface area contributed by atoms with Crippen molar-refractivity contribution in [3.63, 3.8) is 0 Å². The third-order valence-corrected chi connectivity index (χ3v) is 11.6. The molecule has 4 fully saturated rings. The summed E-state index contributed by atoms with van der Waals surface area (Å²) in [7, 11) is 0. The number of carboxylic acid groups (broad SMARTS) is 1. The van der Waals surface area contributed by atoms with Crippen LogP contribution in [0.25, 0.3) is 21.8 Å². The Kier molecular flexibility index (Phi) is 10.6. The number of benzene rings is 2. The number of aryl methyl sites for hydroxylation is 1. The second kappa shape index (κ2) is 15.9. The zero-order chi connectivity index (χ0) is 44.3. The molecule has 62 heavy (non-hydrogen) atoms. The van der Waals surface area contributed by atoms with Gasteiger partial charge in [-0.1, -0.05) is 0 Å². The van der Waals surface area contributed by atoms with Crippen molar-refractivity contribution in [1.82, 2.24) is 18.9 Å². The summed E-state index contributed by atoms with van der Waals surface area (Å²) in [6.45, 7) is 4.00. The minimum atomic E-state index is -1.42. The van der Waals surface area contributed by atoms with E-state index in [1.165, 1.54) is 12.3 Å². The van der Waals surface area contributed by atoms with Crippen molar-refractivity contribution in [1.29, 1.82) is 0 Å². The van der Waals surface area contributed by atoms with Crippen molar-refractivity contribution < 1.29 is 23.5 Å². The molecule has 4 aliphatic rings. The number of halogens is 2. The van der Waals surface area contributed by atoms with E-state index in [4.69, 9.17) is 34.4 Å². The molecule has 0 atom stereocenters. The molecule has 4 heterocycles. The van der Waals surface area contributed by atoms with Gasteiger partial charge in [-0.05, 0) is 44.7 Å². The Labute approximate surface area is 351 Å². The average molecular weight is 857 g/mol. The number of carbonyl (C=O) groups is 2. The summed E-state index contributed by atoms with van der Waals surface area (Å²) in [5, 5.41) is 9.59. The van der Waals surface area contributed by atoms with Gasteiger partial charge in [-0.25, -0.2) is 18.4 Å². The molecule has 2 saturated carbocycles. The highest BCUT2D eigenvalue weighted by Gasteiger charge is 2.32. The number of hydrogen-bond acceptors (Lipinski definition) is 8. The minimum Gasteiger partial charge on any atom is -0.477 e. The van der Waals surface area contributed by atoms with Gasteiger partial charge >= 0.3 is 12.0 Å². The quantitative estimate of drug-likeness (QED) is 0.0828. The van der Waals surface area contributed by atoms with Crippen molar-refractivity contribution in [2.24, 2.45) is 42.9 Å². The molecule has 326 valence electrons. The fourth-order valence-corrected chi connectivity index (χ4v) is 8.04. The van der Waals surface area contributed by atoms with E-state index in [0.29, 0.717) is 42.8 Å². The van der Waals surface area contributed by atoms with E-state index in [0.717, 1.165) is 25.7 Å². The molecule has 13 N–H and O–H groups in total. The molecule has 23 heteroatoms. The molecule has 2 aromatic carbocycles. The van der Waals surface area contributed by atoms with Crippen LogP contribution in [0, 0.1) is 18.6 Å². The molecule has 0 spiro atoms. The van der Waals surface area contributed by atoms with E-state index in [-0.39, 0.29) is 83.4 Å². The van der Waals surface area contributed by atoms with Crippen LogP contribution in [-0.4, -0.2) is 112 Å². The first-order chi connectivity index (χ1) is 29.5. The van der Waals surface area contributed by atoms with Crippen LogP contribution < -0.4 is 55.1 Å². The van der Waals surface area contributed by atoms with Gasteiger partial charge in [-0.2, -0.15) is 20.0 Å². The Morgan fingerprint density at radius 2 is 1.05 bits per heavy atom. The lowest BCUT2D eigenvalue weighted by molar-refractivity contribution is 0.0694. The van der Waals surface area contributed by atoms with Crippen LogP contribution in [0.3, 0.4) is 0 Å². The van der Waals surface area contributed by atoms with Gasteiger partial charge in [-0.3, -0.25) is 9.59 Å². The maximum Gasteiger partial charge on any atom is 0.373 e. The highest BCUT2D eigenvalue weighted by molar-refractivity contribution is 6.04. The monoisotopic (exact) mass is 856 g/mol. The minimum absolute atomic E-state index is 0.0277. The van der Waals surface area contributed by atoms with Crippen LogP contribution in [0.4, 0.5) is 36.3 Å². The maximum atomic E-state index is 15.7. The second-order valence-electron chi connectivity index (χ2n) is 15.7. The van der Waals surface area contributed by atoms with Crippen LogP contribution in [0.1, 0.15) is 53.7 Å². The zero-order valence-corrected chi connectivity index (χ0v) is 33.7. The lowest BCUT2D eigenvalue weighted by atomic mass is 10.1. The largest absolute Gasteiger partial charge is 0.477 e. The summed E-state index contributed by atoms with van der Waals surface area (Å²) < 4.78 is 35.1. The first-order valence-corrected chi connectivity index (χ1v) is 20.0. The number of aromatic carboxylic acids is 1. The predicted octanol–water partition coefficient (Wildman–Crippen LogP) is 0.758. The lowest BCUT2D eigenvalue weighted by Crippen LogP contribution is -2.51. The molecule has 0 radical (unpaired) electrons. The molecule has 0 unspecified atom stereocenters. The third kappa shape index (κ3) is 7.71. The van der Waals surface area contributed by atoms with Crippen LogP contribution >= 0.6 is 0 Å². The van der Waals surface area contributed by atoms with Gasteiger partial charge in [0.1, 0.15) is 5.56 Å². The van der Waals surface area contributed by atoms with Crippen LogP contribution in [-0.2, 0) is 0 Å². The first-order valence-electron chi connectivity index (χ1n) is 20.0. The number of nitrogens with two attached hydrogens (primary N) is 6. The molecule has 0 bridgehead atoms. The fraction of sp³-hybridized carbons (Fsp3) is 0.385. The lowest BCUT2D eigenvalue weighted by Gasteiger charge is -2.37. The van der Waals surface area contributed by atoms with Crippen molar-refractivity contribution in [2.45, 2.75) is 44.7 Å². The number of nitrogen functional groups attached to an aromatic ring is 2. The fourth-order valence-electron chi connectivity index (χ4n) is 8.04. The Balaban J connectivity index is 0.884. The van der Waals surface area contributed by atoms with E-state index in [9.17, 15) is 24.3 Å². The molecule has 8 rings (SSSR count). The molecule has 2 aliphatic carbocycles. The SMILES string of the molecule is Cc1cn(C2CC2)c2cc(N3CCN(/C(N)=N/C(N)=N/C(=O)/N=C(N)/N=C(\N)N4CCN(c5cc6c(c(N)c5F)c(=O)c(C(=O)O)cn6C5CC5)CC4)CC3)c(F)c(N)c2c1=O. The molecular formula is C39H46F2N16O5. The van der Waals surface area contributed by atoms with Gasteiger partial charge in [0.15, 0.2) is 29.0 Å². The zero-order valence-electron chi connectivity index (χ0n) is 33.7. The molecule has 21 nitrogen and oxygen atoms in total. The molecule has 4 aromatic rings. The number of rotatable bonds is 5. The number of urea groups is 1. The summed E-state index contributed by atoms with van der Waals surface area (Å²) in [6.07, 6.45) is 6.58. The van der Waals surface area contributed by atoms with Crippen LogP contribution in [0.2, 0.25) is 0 Å². The number of pyridine rings is 2. The van der Waals surface area contributed by atoms with E-state index in [1.807, 2.05) is 9.47 Å². The molecule has 2 amide bonds. The summed E-state index contributed by atoms with van der Waals surface area (Å²) in [4.78, 5) is 72.4. The number of nitrogens with zero attached hydrogens (tertiary/aromatic N) is 10. The van der Waals surface area contributed by atoms with Crippen molar-refractivity contribution in [2.75, 3.05) is 73.6 Å². The number of guanidine groups is 4. The van der Waals surface area contributed by atoms with Crippen LogP contribution in [0.15, 0.2) is 54.1 Å². The van der Waals surface area contributed by atoms with Gasteiger partial charge < -0.3 is 68.2 Å². The van der Waals surface area contributed by atoms with Gasteiger partial charge in [0.2, 0.25) is 17.3 Å². The molecule has 2 saturated heterocycles. The molecular weight excluding hydrogens is 811 g/mol. The maximum absolute atomic E-state index is 15.7. The standard InChI is InChI=1S/C39H46F2N16O5/c1-18-16-56(19-2-3-19)22-14-24(28(40)30(42)26(22)32(18)58)52-6-10-54(11-7-52)37(46)48-35(44)50-39(62)51-36(45)49-38(47)55-12-8-53(9-13-55)25-15-23-27(31(43)29(25)41)33(59)21(34(60)61)17-57(23)20-4-5-20/h14-17,19-20H,2-13,42-43H2,1H3,(H,60,61)(H8,44,45,46,47,48,49,50,51,62). The number of amides is 2. The Bertz CT molecular complexity index is 2790. The van der Waals surface area contributed by atoms with E-state index in [2.05, 4.69) is 20.0 Å². The number of hydrogen-bond donors (Lipinski definition) is 7. The smallest absolute Gasteiger partial charge is 0.373 e. The second-order valence-corrected chi connectivity index (χ2v) is 15.7. The summed E-state index contributed by atoms with van der Waals surface area (Å²) in [5.74, 6) is -4.04. The normalized spacial score (nSPS) is 18.3. The average Bonchev–Trinajstić information content (AvgIpc) is 4.17. The number of fused-ring (bicyclic) bond motifs is 2. The van der Waals surface area contributed by atoms with E-state index < -0.39 is 52.2 Å². The number of carboxylic acids is 1. The predicted molar refractivity (Wildman–Crippen MR) is 233 cm³/mol. The van der Waals surface area contributed by atoms with E-state index in [1.54, 1.807) is 38.5 Å². The summed E-state index contributed by atoms with van der Waals surface area (Å²) >= 11 is 0. The first kappa shape index (κ1) is 41.3. The highest BCUT2D eigenvalue weighted by Crippen LogP contribution is 2.41. The Hall–Kier alpha value is -7.46. The number of anilines is 4.